The summed E-state index contributed by atoms with van der Waals surface area (Å²) in [6, 6.07) is 0.491. The summed E-state index contributed by atoms with van der Waals surface area (Å²) in [5.74, 6) is 3.23. The van der Waals surface area contributed by atoms with Crippen molar-refractivity contribution in [3.05, 3.63) is 0 Å². The molecule has 0 atom stereocenters. The zero-order valence-electron chi connectivity index (χ0n) is 9.13. The van der Waals surface area contributed by atoms with Gasteiger partial charge in [-0.05, 0) is 49.5 Å². The average molecular weight is 228 g/mol. The van der Waals surface area contributed by atoms with E-state index in [0.717, 1.165) is 19.4 Å². The van der Waals surface area contributed by atoms with E-state index in [1.807, 2.05) is 11.8 Å². The molecule has 3 nitrogen and oxygen atoms in total. The molecule has 1 saturated heterocycles. The van der Waals surface area contributed by atoms with Crippen LogP contribution in [-0.2, 0) is 0 Å². The highest BCUT2D eigenvalue weighted by molar-refractivity contribution is 7.99. The monoisotopic (exact) mass is 228 g/mol. The van der Waals surface area contributed by atoms with Crippen LogP contribution >= 0.6 is 11.8 Å². The quantitative estimate of drug-likeness (QED) is 0.775. The molecule has 0 bridgehead atoms. The Morgan fingerprint density at radius 2 is 1.93 bits per heavy atom. The summed E-state index contributed by atoms with van der Waals surface area (Å²) in [6.45, 7) is 0.860. The molecule has 0 aromatic carbocycles. The predicted octanol–water partition coefficient (Wildman–Crippen LogP) is 1.98. The fraction of sp³-hybridized carbons (Fsp3) is 0.909. The molecule has 2 fully saturated rings. The minimum atomic E-state index is 0.0397. The molecule has 1 aliphatic carbocycles. The Kier molecular flexibility index (Phi) is 4.18. The Labute approximate surface area is 95.8 Å². The number of hydrogen-bond donors (Lipinski definition) is 2. The van der Waals surface area contributed by atoms with Crippen molar-refractivity contribution >= 4 is 17.8 Å². The SMILES string of the molecule is O=C(NCC1CCSCC1)NC1CCC1. The van der Waals surface area contributed by atoms with Gasteiger partial charge in [0.15, 0.2) is 0 Å². The topological polar surface area (TPSA) is 41.1 Å². The van der Waals surface area contributed by atoms with Gasteiger partial charge in [-0.1, -0.05) is 0 Å². The summed E-state index contributed by atoms with van der Waals surface area (Å²) in [5.41, 5.74) is 0. The van der Waals surface area contributed by atoms with Crippen molar-refractivity contribution < 1.29 is 4.79 Å². The van der Waals surface area contributed by atoms with Gasteiger partial charge in [-0.2, -0.15) is 11.8 Å². The van der Waals surface area contributed by atoms with Gasteiger partial charge in [0.1, 0.15) is 0 Å². The van der Waals surface area contributed by atoms with Crippen LogP contribution in [0.5, 0.6) is 0 Å². The summed E-state index contributed by atoms with van der Waals surface area (Å²) in [6.07, 6.45) is 6.11. The number of amides is 2. The standard InChI is InChI=1S/C11H20N2OS/c14-11(13-10-2-1-3-10)12-8-9-4-6-15-7-5-9/h9-10H,1-8H2,(H2,12,13,14). The maximum Gasteiger partial charge on any atom is 0.315 e. The van der Waals surface area contributed by atoms with Gasteiger partial charge in [-0.15, -0.1) is 0 Å². The molecule has 0 spiro atoms. The van der Waals surface area contributed by atoms with E-state index in [1.54, 1.807) is 0 Å². The van der Waals surface area contributed by atoms with E-state index in [0.29, 0.717) is 12.0 Å². The zero-order valence-corrected chi connectivity index (χ0v) is 9.94. The molecule has 15 heavy (non-hydrogen) atoms. The molecule has 0 radical (unpaired) electrons. The molecule has 0 unspecified atom stereocenters. The van der Waals surface area contributed by atoms with Crippen molar-refractivity contribution in [2.24, 2.45) is 5.92 Å². The molecule has 1 aliphatic heterocycles. The van der Waals surface area contributed by atoms with Crippen LogP contribution in [0.25, 0.3) is 0 Å². The Balaban J connectivity index is 1.57. The number of rotatable bonds is 3. The molecule has 0 aromatic heterocycles. The number of thioether (sulfide) groups is 1. The molecule has 2 N–H and O–H groups in total. The third-order valence-corrected chi connectivity index (χ3v) is 4.38. The van der Waals surface area contributed by atoms with Gasteiger partial charge in [0, 0.05) is 12.6 Å². The Morgan fingerprint density at radius 1 is 1.20 bits per heavy atom. The van der Waals surface area contributed by atoms with Gasteiger partial charge in [-0.3, -0.25) is 0 Å². The lowest BCUT2D eigenvalue weighted by atomic mass is 9.93. The third-order valence-electron chi connectivity index (χ3n) is 3.33. The third kappa shape index (κ3) is 3.59. The van der Waals surface area contributed by atoms with Gasteiger partial charge < -0.3 is 10.6 Å². The molecular formula is C11H20N2OS. The predicted molar refractivity (Wildman–Crippen MR) is 64.2 cm³/mol. The summed E-state index contributed by atoms with van der Waals surface area (Å²) in [5, 5.41) is 5.99. The maximum absolute atomic E-state index is 11.5. The fourth-order valence-electron chi connectivity index (χ4n) is 1.98. The molecule has 2 aliphatic rings. The van der Waals surface area contributed by atoms with E-state index in [1.165, 1.54) is 30.8 Å². The van der Waals surface area contributed by atoms with Crippen LogP contribution in [0.1, 0.15) is 32.1 Å². The molecule has 1 heterocycles. The molecule has 4 heteroatoms. The Hall–Kier alpha value is -0.380. The van der Waals surface area contributed by atoms with Gasteiger partial charge in [0.2, 0.25) is 0 Å². The van der Waals surface area contributed by atoms with E-state index < -0.39 is 0 Å². The summed E-state index contributed by atoms with van der Waals surface area (Å²) < 4.78 is 0. The number of carbonyl (C=O) groups excluding carboxylic acids is 1. The van der Waals surface area contributed by atoms with Crippen molar-refractivity contribution in [2.75, 3.05) is 18.1 Å². The average Bonchev–Trinajstić information content (AvgIpc) is 2.22. The zero-order chi connectivity index (χ0) is 10.5. The molecular weight excluding hydrogens is 208 g/mol. The van der Waals surface area contributed by atoms with Gasteiger partial charge >= 0.3 is 6.03 Å². The lowest BCUT2D eigenvalue weighted by Gasteiger charge is -2.27. The van der Waals surface area contributed by atoms with Gasteiger partial charge in [-0.25, -0.2) is 4.79 Å². The van der Waals surface area contributed by atoms with Crippen LogP contribution in [-0.4, -0.2) is 30.1 Å². The largest absolute Gasteiger partial charge is 0.338 e. The molecule has 2 rings (SSSR count). The number of nitrogens with one attached hydrogen (secondary N) is 2. The molecule has 0 aromatic rings. The second-order valence-corrected chi connectivity index (χ2v) is 5.76. The number of hydrogen-bond acceptors (Lipinski definition) is 2. The van der Waals surface area contributed by atoms with E-state index in [4.69, 9.17) is 0 Å². The highest BCUT2D eigenvalue weighted by Crippen LogP contribution is 2.22. The summed E-state index contributed by atoms with van der Waals surface area (Å²) in [7, 11) is 0. The summed E-state index contributed by atoms with van der Waals surface area (Å²) >= 11 is 2.03. The van der Waals surface area contributed by atoms with Crippen molar-refractivity contribution in [1.82, 2.24) is 10.6 Å². The number of carbonyl (C=O) groups is 1. The van der Waals surface area contributed by atoms with E-state index in [9.17, 15) is 4.79 Å². The Bertz CT molecular complexity index is 213. The normalized spacial score (nSPS) is 23.2. The smallest absolute Gasteiger partial charge is 0.315 e. The Morgan fingerprint density at radius 3 is 2.53 bits per heavy atom. The first-order valence-electron chi connectivity index (χ1n) is 5.96. The highest BCUT2D eigenvalue weighted by Gasteiger charge is 2.20. The lowest BCUT2D eigenvalue weighted by molar-refractivity contribution is 0.226. The minimum absolute atomic E-state index is 0.0397. The second-order valence-electron chi connectivity index (χ2n) is 4.54. The van der Waals surface area contributed by atoms with Crippen LogP contribution in [0.15, 0.2) is 0 Å². The molecule has 86 valence electrons. The van der Waals surface area contributed by atoms with Crippen LogP contribution in [0.4, 0.5) is 4.79 Å². The van der Waals surface area contributed by atoms with Crippen LogP contribution in [0, 0.1) is 5.92 Å². The van der Waals surface area contributed by atoms with Gasteiger partial charge in [0.05, 0.1) is 0 Å². The van der Waals surface area contributed by atoms with Crippen LogP contribution in [0.2, 0.25) is 0 Å². The fourth-order valence-corrected chi connectivity index (χ4v) is 3.18. The lowest BCUT2D eigenvalue weighted by Crippen LogP contribution is -2.46. The van der Waals surface area contributed by atoms with Crippen molar-refractivity contribution in [3.8, 4) is 0 Å². The molecule has 1 saturated carbocycles. The van der Waals surface area contributed by atoms with Crippen LogP contribution in [0.3, 0.4) is 0 Å². The van der Waals surface area contributed by atoms with E-state index >= 15 is 0 Å². The van der Waals surface area contributed by atoms with Gasteiger partial charge in [0.25, 0.3) is 0 Å². The number of urea groups is 1. The molecule has 2 amide bonds. The van der Waals surface area contributed by atoms with Crippen molar-refractivity contribution in [3.63, 3.8) is 0 Å². The van der Waals surface area contributed by atoms with Crippen molar-refractivity contribution in [2.45, 2.75) is 38.1 Å². The van der Waals surface area contributed by atoms with E-state index in [2.05, 4.69) is 10.6 Å². The van der Waals surface area contributed by atoms with E-state index in [-0.39, 0.29) is 6.03 Å². The second kappa shape index (κ2) is 5.64. The van der Waals surface area contributed by atoms with Crippen LogP contribution < -0.4 is 10.6 Å². The van der Waals surface area contributed by atoms with Crippen molar-refractivity contribution in [1.29, 1.82) is 0 Å². The minimum Gasteiger partial charge on any atom is -0.338 e. The first-order chi connectivity index (χ1) is 7.34. The first-order valence-corrected chi connectivity index (χ1v) is 7.12. The summed E-state index contributed by atoms with van der Waals surface area (Å²) in [4.78, 5) is 11.5. The highest BCUT2D eigenvalue weighted by atomic mass is 32.2. The first kappa shape index (κ1) is 11.1. The maximum atomic E-state index is 11.5.